The summed E-state index contributed by atoms with van der Waals surface area (Å²) in [6, 6.07) is 16.3. The van der Waals surface area contributed by atoms with Crippen LogP contribution in [-0.4, -0.2) is 16.7 Å². The highest BCUT2D eigenvalue weighted by molar-refractivity contribution is 7.16. The van der Waals surface area contributed by atoms with E-state index in [4.69, 9.17) is 16.6 Å². The number of carbonyl (C=O) groups excluding carboxylic acids is 1. The molecule has 2 aromatic carbocycles. The first-order valence-corrected chi connectivity index (χ1v) is 14.4. The summed E-state index contributed by atoms with van der Waals surface area (Å²) in [5.41, 5.74) is 6.45. The second-order valence-electron chi connectivity index (χ2n) is 11.3. The van der Waals surface area contributed by atoms with Gasteiger partial charge in [0.15, 0.2) is 0 Å². The number of nitrogens with one attached hydrogen (secondary N) is 1. The van der Waals surface area contributed by atoms with Crippen LogP contribution in [0.25, 0.3) is 5.69 Å². The molecule has 0 spiro atoms. The Morgan fingerprint density at radius 3 is 2.59 bits per heavy atom. The first kappa shape index (κ1) is 27.4. The van der Waals surface area contributed by atoms with Crippen molar-refractivity contribution in [2.75, 3.05) is 5.32 Å². The highest BCUT2D eigenvalue weighted by atomic mass is 35.5. The number of hydrogen-bond donors (Lipinski definition) is 1. The topological polar surface area (TPSA) is 46.4 Å². The average molecular weight is 562 g/mol. The maximum absolute atomic E-state index is 13.8. The number of fused-ring (bicyclic) bond motifs is 1. The highest BCUT2D eigenvalue weighted by Gasteiger charge is 2.33. The first-order valence-electron chi connectivity index (χ1n) is 13.2. The molecule has 1 N–H and O–H groups in total. The van der Waals surface area contributed by atoms with Crippen molar-refractivity contribution in [2.24, 2.45) is 16.3 Å². The van der Waals surface area contributed by atoms with Crippen LogP contribution in [0.1, 0.15) is 64.9 Å². The molecule has 0 saturated heterocycles. The summed E-state index contributed by atoms with van der Waals surface area (Å²) >= 11 is 7.69. The number of aliphatic imine (C=N–C) groups is 1. The number of amides is 1. The molecule has 202 valence electrons. The smallest absolute Gasteiger partial charge is 0.259 e. The normalized spacial score (nSPS) is 15.5. The van der Waals surface area contributed by atoms with Crippen LogP contribution in [0.3, 0.4) is 0 Å². The molecule has 0 radical (unpaired) electrons. The van der Waals surface area contributed by atoms with Crippen LogP contribution in [0.15, 0.2) is 59.6 Å². The van der Waals surface area contributed by atoms with E-state index in [-0.39, 0.29) is 16.3 Å². The Kier molecular flexibility index (Phi) is 7.53. The van der Waals surface area contributed by atoms with Crippen LogP contribution >= 0.6 is 22.9 Å². The Balaban J connectivity index is 1.52. The molecular formula is C32H33ClFN3OS. The molecule has 4 nitrogen and oxygen atoms in total. The number of carbonyl (C=O) groups is 1. The summed E-state index contributed by atoms with van der Waals surface area (Å²) in [6.45, 7) is 10.9. The zero-order valence-corrected chi connectivity index (χ0v) is 24.5. The molecule has 7 heteroatoms. The number of hydrogen-bond acceptors (Lipinski definition) is 3. The van der Waals surface area contributed by atoms with Crippen molar-refractivity contribution in [1.82, 2.24) is 4.57 Å². The highest BCUT2D eigenvalue weighted by Crippen LogP contribution is 2.45. The molecule has 0 aliphatic heterocycles. The summed E-state index contributed by atoms with van der Waals surface area (Å²) in [5.74, 6) is -0.000190. The molecular weight excluding hydrogens is 529 g/mol. The van der Waals surface area contributed by atoms with Gasteiger partial charge in [-0.3, -0.25) is 4.79 Å². The minimum absolute atomic E-state index is 0.0852. The van der Waals surface area contributed by atoms with E-state index in [2.05, 4.69) is 26.1 Å². The number of anilines is 1. The molecule has 1 amide bonds. The maximum atomic E-state index is 13.8. The number of rotatable bonds is 5. The van der Waals surface area contributed by atoms with E-state index in [1.807, 2.05) is 61.0 Å². The lowest BCUT2D eigenvalue weighted by Crippen LogP contribution is -2.27. The summed E-state index contributed by atoms with van der Waals surface area (Å²) < 4.78 is 15.8. The first-order chi connectivity index (χ1) is 18.5. The van der Waals surface area contributed by atoms with E-state index in [1.165, 1.54) is 10.9 Å². The maximum Gasteiger partial charge on any atom is 0.259 e. The van der Waals surface area contributed by atoms with Crippen molar-refractivity contribution in [3.63, 3.8) is 0 Å². The van der Waals surface area contributed by atoms with E-state index in [1.54, 1.807) is 23.5 Å². The number of benzene rings is 2. The van der Waals surface area contributed by atoms with Gasteiger partial charge in [0.05, 0.1) is 10.6 Å². The molecule has 2 heterocycles. The van der Waals surface area contributed by atoms with Crippen LogP contribution < -0.4 is 5.32 Å². The Labute approximate surface area is 238 Å². The lowest BCUT2D eigenvalue weighted by atomic mass is 9.72. The fraction of sp³-hybridized carbons (Fsp3) is 0.312. The van der Waals surface area contributed by atoms with E-state index in [0.717, 1.165) is 58.2 Å². The van der Waals surface area contributed by atoms with Gasteiger partial charge in [0.2, 0.25) is 0 Å². The third-order valence-corrected chi connectivity index (χ3v) is 9.13. The van der Waals surface area contributed by atoms with Crippen LogP contribution in [0.4, 0.5) is 15.1 Å². The molecule has 5 rings (SSSR count). The minimum atomic E-state index is -0.443. The summed E-state index contributed by atoms with van der Waals surface area (Å²) in [4.78, 5) is 19.8. The summed E-state index contributed by atoms with van der Waals surface area (Å²) in [6.07, 6.45) is 4.73. The second-order valence-corrected chi connectivity index (χ2v) is 12.8. The van der Waals surface area contributed by atoms with Crippen molar-refractivity contribution in [1.29, 1.82) is 0 Å². The van der Waals surface area contributed by atoms with Gasteiger partial charge in [-0.25, -0.2) is 9.38 Å². The van der Waals surface area contributed by atoms with Crippen molar-refractivity contribution in [3.05, 3.63) is 98.4 Å². The zero-order chi connectivity index (χ0) is 27.9. The zero-order valence-electron chi connectivity index (χ0n) is 22.9. The van der Waals surface area contributed by atoms with Gasteiger partial charge >= 0.3 is 0 Å². The third-order valence-electron chi connectivity index (χ3n) is 7.68. The van der Waals surface area contributed by atoms with Gasteiger partial charge in [-0.15, -0.1) is 11.3 Å². The monoisotopic (exact) mass is 561 g/mol. The van der Waals surface area contributed by atoms with E-state index >= 15 is 0 Å². The molecule has 4 aromatic rings. The molecule has 1 aliphatic rings. The third kappa shape index (κ3) is 5.59. The molecule has 0 fully saturated rings. The summed E-state index contributed by atoms with van der Waals surface area (Å²) in [5, 5.41) is 3.90. The van der Waals surface area contributed by atoms with Crippen molar-refractivity contribution < 1.29 is 9.18 Å². The molecule has 0 saturated carbocycles. The number of nitrogens with zero attached hydrogens (tertiary/aromatic N) is 2. The van der Waals surface area contributed by atoms with Crippen molar-refractivity contribution >= 4 is 45.7 Å². The minimum Gasteiger partial charge on any atom is -0.322 e. The number of halogens is 2. The van der Waals surface area contributed by atoms with E-state index in [0.29, 0.717) is 11.5 Å². The van der Waals surface area contributed by atoms with Gasteiger partial charge < -0.3 is 9.88 Å². The fourth-order valence-corrected chi connectivity index (χ4v) is 6.86. The Morgan fingerprint density at radius 2 is 1.90 bits per heavy atom. The largest absolute Gasteiger partial charge is 0.322 e. The van der Waals surface area contributed by atoms with E-state index in [9.17, 15) is 9.18 Å². The molecule has 0 unspecified atom stereocenters. The van der Waals surface area contributed by atoms with Gasteiger partial charge in [-0.1, -0.05) is 50.6 Å². The number of aromatic nitrogens is 1. The predicted molar refractivity (Wildman–Crippen MR) is 161 cm³/mol. The van der Waals surface area contributed by atoms with Gasteiger partial charge in [0.25, 0.3) is 5.91 Å². The lowest BCUT2D eigenvalue weighted by molar-refractivity contribution is 0.102. The van der Waals surface area contributed by atoms with Gasteiger partial charge in [0.1, 0.15) is 10.8 Å². The second kappa shape index (κ2) is 10.7. The number of aryl methyl sites for hydroxylation is 1. The molecule has 1 aliphatic carbocycles. The standard InChI is InChI=1S/C32H33ClFN3OS/c1-19-15-21(20(2)37(19)24-12-14-27(34)26(33)17-24)18-35-31-29(30(38)36-23-9-7-6-8-10-23)25-13-11-22(32(3,4)5)16-28(25)39-31/h6-10,12,14-15,17-18,22H,11,13,16H2,1-5H3,(H,36,38)/t22-/m1/s1. The molecule has 1 atom stereocenters. The van der Waals surface area contributed by atoms with Crippen molar-refractivity contribution in [3.8, 4) is 5.69 Å². The van der Waals surface area contributed by atoms with Gasteiger partial charge in [-0.2, -0.15) is 0 Å². The van der Waals surface area contributed by atoms with Gasteiger partial charge in [0, 0.05) is 39.4 Å². The SMILES string of the molecule is Cc1cc(C=Nc2sc3c(c2C(=O)Nc2ccccc2)CC[C@@H](C(C)(C)C)C3)c(C)n1-c1ccc(F)c(Cl)c1. The molecule has 0 bridgehead atoms. The Hall–Kier alpha value is -3.22. The Morgan fingerprint density at radius 1 is 1.15 bits per heavy atom. The van der Waals surface area contributed by atoms with Crippen LogP contribution in [0, 0.1) is 31.0 Å². The number of para-hydroxylation sites is 1. The van der Waals surface area contributed by atoms with Crippen LogP contribution in [-0.2, 0) is 12.8 Å². The predicted octanol–water partition coefficient (Wildman–Crippen LogP) is 9.10. The quantitative estimate of drug-likeness (QED) is 0.243. The molecule has 2 aromatic heterocycles. The number of thiophene rings is 1. The average Bonchev–Trinajstić information content (AvgIpc) is 3.40. The van der Waals surface area contributed by atoms with Crippen LogP contribution in [0.5, 0.6) is 0 Å². The van der Waals surface area contributed by atoms with Gasteiger partial charge in [-0.05, 0) is 86.4 Å². The van der Waals surface area contributed by atoms with E-state index < -0.39 is 5.82 Å². The lowest BCUT2D eigenvalue weighted by Gasteiger charge is -2.33. The Bertz CT molecular complexity index is 1560. The van der Waals surface area contributed by atoms with Crippen LogP contribution in [0.2, 0.25) is 5.02 Å². The fourth-order valence-electron chi connectivity index (χ4n) is 5.42. The van der Waals surface area contributed by atoms with Crippen molar-refractivity contribution in [2.45, 2.75) is 53.9 Å². The summed E-state index contributed by atoms with van der Waals surface area (Å²) in [7, 11) is 0. The molecule has 39 heavy (non-hydrogen) atoms.